The number of hydrogen-bond donors (Lipinski definition) is 1. The highest BCUT2D eigenvalue weighted by molar-refractivity contribution is 5.99. The molecule has 0 bridgehead atoms. The summed E-state index contributed by atoms with van der Waals surface area (Å²) in [6, 6.07) is 10.4. The number of carbonyl (C=O) groups excluding carboxylic acids is 3. The fraction of sp³-hybridized carbons (Fsp3) is 0.300. The van der Waals surface area contributed by atoms with Crippen LogP contribution < -0.4 is 5.32 Å². The van der Waals surface area contributed by atoms with Gasteiger partial charge < -0.3 is 15.1 Å². The van der Waals surface area contributed by atoms with Crippen LogP contribution in [-0.2, 0) is 11.3 Å². The van der Waals surface area contributed by atoms with Crippen molar-refractivity contribution in [2.75, 3.05) is 26.2 Å². The van der Waals surface area contributed by atoms with E-state index in [0.717, 1.165) is 5.56 Å². The van der Waals surface area contributed by atoms with Crippen molar-refractivity contribution in [3.05, 3.63) is 65.5 Å². The Kier molecular flexibility index (Phi) is 5.80. The van der Waals surface area contributed by atoms with E-state index in [2.05, 4.69) is 10.3 Å². The molecule has 7 heteroatoms. The molecule has 1 aliphatic rings. The van der Waals surface area contributed by atoms with E-state index in [-0.39, 0.29) is 17.7 Å². The van der Waals surface area contributed by atoms with Crippen LogP contribution in [0.25, 0.3) is 0 Å². The molecule has 2 aromatic rings. The summed E-state index contributed by atoms with van der Waals surface area (Å²) in [4.78, 5) is 44.0. The SMILES string of the molecule is CC(=O)N1CCN(C(=O)c2cccc(C(=O)NCc3cccnc3)c2)CC1. The van der Waals surface area contributed by atoms with Crippen LogP contribution in [0.3, 0.4) is 0 Å². The molecule has 0 saturated carbocycles. The average Bonchev–Trinajstić information content (AvgIpc) is 2.72. The zero-order valence-corrected chi connectivity index (χ0v) is 15.2. The van der Waals surface area contributed by atoms with Gasteiger partial charge in [0.2, 0.25) is 5.91 Å². The Bertz CT molecular complexity index is 830. The van der Waals surface area contributed by atoms with E-state index >= 15 is 0 Å². The van der Waals surface area contributed by atoms with Gasteiger partial charge in [-0.15, -0.1) is 0 Å². The first-order valence-corrected chi connectivity index (χ1v) is 8.86. The van der Waals surface area contributed by atoms with Gasteiger partial charge in [-0.05, 0) is 29.8 Å². The van der Waals surface area contributed by atoms with Gasteiger partial charge in [0.1, 0.15) is 0 Å². The zero-order chi connectivity index (χ0) is 19.2. The third-order valence-electron chi connectivity index (χ3n) is 4.56. The Morgan fingerprint density at radius 3 is 2.37 bits per heavy atom. The molecule has 0 unspecified atom stereocenters. The second-order valence-electron chi connectivity index (χ2n) is 6.42. The summed E-state index contributed by atoms with van der Waals surface area (Å²) in [7, 11) is 0. The van der Waals surface area contributed by atoms with E-state index in [0.29, 0.717) is 43.9 Å². The van der Waals surface area contributed by atoms with Gasteiger partial charge in [0.05, 0.1) is 0 Å². The smallest absolute Gasteiger partial charge is 0.253 e. The van der Waals surface area contributed by atoms with E-state index in [1.165, 1.54) is 6.92 Å². The minimum atomic E-state index is -0.241. The van der Waals surface area contributed by atoms with Crippen molar-refractivity contribution in [1.29, 1.82) is 0 Å². The molecule has 140 valence electrons. The lowest BCUT2D eigenvalue weighted by Crippen LogP contribution is -2.50. The van der Waals surface area contributed by atoms with Crippen molar-refractivity contribution < 1.29 is 14.4 Å². The predicted octanol–water partition coefficient (Wildman–Crippen LogP) is 1.32. The molecule has 1 aromatic heterocycles. The van der Waals surface area contributed by atoms with E-state index in [1.807, 2.05) is 12.1 Å². The molecule has 1 saturated heterocycles. The highest BCUT2D eigenvalue weighted by Crippen LogP contribution is 2.12. The Balaban J connectivity index is 1.62. The fourth-order valence-corrected chi connectivity index (χ4v) is 2.99. The van der Waals surface area contributed by atoms with Gasteiger partial charge in [-0.25, -0.2) is 0 Å². The number of hydrogen-bond acceptors (Lipinski definition) is 4. The Morgan fingerprint density at radius 1 is 1.00 bits per heavy atom. The van der Waals surface area contributed by atoms with Crippen LogP contribution >= 0.6 is 0 Å². The van der Waals surface area contributed by atoms with Gasteiger partial charge in [0.15, 0.2) is 0 Å². The van der Waals surface area contributed by atoms with E-state index < -0.39 is 0 Å². The summed E-state index contributed by atoms with van der Waals surface area (Å²) >= 11 is 0. The lowest BCUT2D eigenvalue weighted by Gasteiger charge is -2.34. The molecule has 7 nitrogen and oxygen atoms in total. The summed E-state index contributed by atoms with van der Waals surface area (Å²) in [5.74, 6) is -0.343. The third-order valence-corrected chi connectivity index (χ3v) is 4.56. The first-order chi connectivity index (χ1) is 13.0. The lowest BCUT2D eigenvalue weighted by atomic mass is 10.1. The van der Waals surface area contributed by atoms with E-state index in [4.69, 9.17) is 0 Å². The van der Waals surface area contributed by atoms with Crippen molar-refractivity contribution in [2.24, 2.45) is 0 Å². The van der Waals surface area contributed by atoms with Crippen molar-refractivity contribution >= 4 is 17.7 Å². The summed E-state index contributed by atoms with van der Waals surface area (Å²) in [5, 5.41) is 2.83. The molecule has 2 heterocycles. The van der Waals surface area contributed by atoms with E-state index in [1.54, 1.807) is 46.5 Å². The van der Waals surface area contributed by atoms with Gasteiger partial charge in [0, 0.05) is 63.2 Å². The number of piperazine rings is 1. The Hall–Kier alpha value is -3.22. The highest BCUT2D eigenvalue weighted by atomic mass is 16.2. The number of rotatable bonds is 4. The fourth-order valence-electron chi connectivity index (χ4n) is 2.99. The summed E-state index contributed by atoms with van der Waals surface area (Å²) < 4.78 is 0. The number of amides is 3. The molecule has 0 aliphatic carbocycles. The van der Waals surface area contributed by atoms with Gasteiger partial charge in [-0.2, -0.15) is 0 Å². The molecule has 3 rings (SSSR count). The van der Waals surface area contributed by atoms with E-state index in [9.17, 15) is 14.4 Å². The molecule has 0 atom stereocenters. The molecule has 1 fully saturated rings. The van der Waals surface area contributed by atoms with Crippen molar-refractivity contribution in [3.8, 4) is 0 Å². The summed E-state index contributed by atoms with van der Waals surface area (Å²) in [6.07, 6.45) is 3.37. The van der Waals surface area contributed by atoms with Crippen LogP contribution in [0.2, 0.25) is 0 Å². The summed E-state index contributed by atoms with van der Waals surface area (Å²) in [6.45, 7) is 3.97. The Morgan fingerprint density at radius 2 is 1.70 bits per heavy atom. The van der Waals surface area contributed by atoms with Crippen molar-refractivity contribution in [3.63, 3.8) is 0 Å². The number of nitrogens with one attached hydrogen (secondary N) is 1. The van der Waals surface area contributed by atoms with Gasteiger partial charge in [0.25, 0.3) is 11.8 Å². The number of aromatic nitrogens is 1. The largest absolute Gasteiger partial charge is 0.348 e. The summed E-state index contributed by atoms with van der Waals surface area (Å²) in [5.41, 5.74) is 1.81. The quantitative estimate of drug-likeness (QED) is 0.885. The number of pyridine rings is 1. The zero-order valence-electron chi connectivity index (χ0n) is 15.2. The van der Waals surface area contributed by atoms with Crippen LogP contribution in [0.4, 0.5) is 0 Å². The maximum atomic E-state index is 12.7. The Labute approximate surface area is 158 Å². The first kappa shape index (κ1) is 18.6. The monoisotopic (exact) mass is 366 g/mol. The normalized spacial score (nSPS) is 14.0. The predicted molar refractivity (Wildman–Crippen MR) is 100 cm³/mol. The molecule has 0 spiro atoms. The molecule has 1 aromatic carbocycles. The molecule has 1 aliphatic heterocycles. The molecule has 27 heavy (non-hydrogen) atoms. The minimum absolute atomic E-state index is 0.0226. The first-order valence-electron chi connectivity index (χ1n) is 8.86. The van der Waals surface area contributed by atoms with Gasteiger partial charge in [-0.3, -0.25) is 19.4 Å². The second kappa shape index (κ2) is 8.44. The molecular weight excluding hydrogens is 344 g/mol. The number of benzene rings is 1. The van der Waals surface area contributed by atoms with Gasteiger partial charge >= 0.3 is 0 Å². The number of nitrogens with zero attached hydrogens (tertiary/aromatic N) is 3. The molecule has 3 amide bonds. The van der Waals surface area contributed by atoms with Crippen molar-refractivity contribution in [2.45, 2.75) is 13.5 Å². The van der Waals surface area contributed by atoms with Crippen LogP contribution in [0.5, 0.6) is 0 Å². The topological polar surface area (TPSA) is 82.6 Å². The highest BCUT2D eigenvalue weighted by Gasteiger charge is 2.23. The minimum Gasteiger partial charge on any atom is -0.348 e. The van der Waals surface area contributed by atoms with Crippen LogP contribution in [-0.4, -0.2) is 58.7 Å². The maximum Gasteiger partial charge on any atom is 0.253 e. The molecular formula is C20H22N4O3. The van der Waals surface area contributed by atoms with Gasteiger partial charge in [-0.1, -0.05) is 12.1 Å². The number of carbonyl (C=O) groups is 3. The standard InChI is InChI=1S/C20H22N4O3/c1-15(25)23-8-10-24(11-9-23)20(27)18-6-2-5-17(12-18)19(26)22-14-16-4-3-7-21-13-16/h2-7,12-13H,8-11,14H2,1H3,(H,22,26). The lowest BCUT2D eigenvalue weighted by molar-refractivity contribution is -0.130. The maximum absolute atomic E-state index is 12.7. The van der Waals surface area contributed by atoms with Crippen LogP contribution in [0.15, 0.2) is 48.8 Å². The average molecular weight is 366 g/mol. The molecule has 0 radical (unpaired) electrons. The second-order valence-corrected chi connectivity index (χ2v) is 6.42. The van der Waals surface area contributed by atoms with Crippen molar-refractivity contribution in [1.82, 2.24) is 20.1 Å². The van der Waals surface area contributed by atoms with Crippen LogP contribution in [0.1, 0.15) is 33.2 Å². The third kappa shape index (κ3) is 4.69. The van der Waals surface area contributed by atoms with Crippen LogP contribution in [0, 0.1) is 0 Å². The molecule has 1 N–H and O–H groups in total.